The zero-order chi connectivity index (χ0) is 16.0. The van der Waals surface area contributed by atoms with Crippen LogP contribution in [0.4, 0.5) is 0 Å². The Bertz CT molecular complexity index is 407. The number of nitrogens with one attached hydrogen (secondary N) is 2. The van der Waals surface area contributed by atoms with E-state index in [1.807, 2.05) is 27.7 Å². The molecule has 2 N–H and O–H groups in total. The second-order valence-electron chi connectivity index (χ2n) is 6.29. The van der Waals surface area contributed by atoms with Crippen molar-refractivity contribution in [1.29, 1.82) is 0 Å². The van der Waals surface area contributed by atoms with Crippen LogP contribution in [0.2, 0.25) is 0 Å². The van der Waals surface area contributed by atoms with Crippen LogP contribution in [-0.2, 0) is 14.4 Å². The van der Waals surface area contributed by atoms with Gasteiger partial charge in [0.05, 0.1) is 12.4 Å². The normalized spacial score (nSPS) is 18.5. The molecule has 1 atom stereocenters. The Morgan fingerprint density at radius 3 is 2.48 bits per heavy atom. The van der Waals surface area contributed by atoms with E-state index in [0.717, 1.165) is 0 Å². The standard InChI is InChI=1S/C14H25N3O3S/c1-5-15-11(18)7-16-13(20)10-8-21-9-17(10)12(19)6-14(2,3)4/h10H,5-9H2,1-4H3,(H,15,18)(H,16,20). The molecular weight excluding hydrogens is 290 g/mol. The van der Waals surface area contributed by atoms with Crippen molar-refractivity contribution in [3.63, 3.8) is 0 Å². The monoisotopic (exact) mass is 315 g/mol. The van der Waals surface area contributed by atoms with Gasteiger partial charge in [0.2, 0.25) is 17.7 Å². The molecule has 0 aromatic carbocycles. The second kappa shape index (κ2) is 7.68. The molecule has 0 bridgehead atoms. The van der Waals surface area contributed by atoms with Crippen LogP contribution >= 0.6 is 11.8 Å². The molecule has 0 radical (unpaired) electrons. The van der Waals surface area contributed by atoms with Crippen molar-refractivity contribution in [2.24, 2.45) is 5.41 Å². The summed E-state index contributed by atoms with van der Waals surface area (Å²) in [5.74, 6) is 0.633. The van der Waals surface area contributed by atoms with Crippen molar-refractivity contribution in [3.8, 4) is 0 Å². The number of hydrogen-bond acceptors (Lipinski definition) is 4. The van der Waals surface area contributed by atoms with E-state index < -0.39 is 6.04 Å². The molecular formula is C14H25N3O3S. The minimum Gasteiger partial charge on any atom is -0.355 e. The van der Waals surface area contributed by atoms with E-state index in [1.165, 1.54) is 0 Å². The lowest BCUT2D eigenvalue weighted by Crippen LogP contribution is -2.49. The lowest BCUT2D eigenvalue weighted by Gasteiger charge is -2.26. The van der Waals surface area contributed by atoms with E-state index >= 15 is 0 Å². The van der Waals surface area contributed by atoms with Gasteiger partial charge in [-0.1, -0.05) is 20.8 Å². The van der Waals surface area contributed by atoms with Gasteiger partial charge in [-0.05, 0) is 12.3 Å². The van der Waals surface area contributed by atoms with E-state index in [9.17, 15) is 14.4 Å². The Morgan fingerprint density at radius 1 is 1.24 bits per heavy atom. The summed E-state index contributed by atoms with van der Waals surface area (Å²) in [6, 6.07) is -0.473. The topological polar surface area (TPSA) is 78.5 Å². The van der Waals surface area contributed by atoms with Crippen LogP contribution < -0.4 is 10.6 Å². The van der Waals surface area contributed by atoms with Gasteiger partial charge in [0.25, 0.3) is 0 Å². The molecule has 7 heteroatoms. The number of carbonyl (C=O) groups excluding carboxylic acids is 3. The number of rotatable bonds is 5. The molecule has 0 aromatic heterocycles. The van der Waals surface area contributed by atoms with Crippen molar-refractivity contribution in [2.45, 2.75) is 40.2 Å². The van der Waals surface area contributed by atoms with E-state index in [-0.39, 0.29) is 29.7 Å². The number of thioether (sulfide) groups is 1. The molecule has 1 saturated heterocycles. The van der Waals surface area contributed by atoms with Crippen molar-refractivity contribution < 1.29 is 14.4 Å². The van der Waals surface area contributed by atoms with Crippen LogP contribution in [0.25, 0.3) is 0 Å². The molecule has 1 aliphatic rings. The smallest absolute Gasteiger partial charge is 0.244 e. The lowest BCUT2D eigenvalue weighted by molar-refractivity contribution is -0.139. The molecule has 3 amide bonds. The molecule has 1 unspecified atom stereocenters. The predicted octanol–water partition coefficient (Wildman–Crippen LogP) is 0.576. The van der Waals surface area contributed by atoms with Gasteiger partial charge in [-0.2, -0.15) is 0 Å². The first-order valence-electron chi connectivity index (χ1n) is 7.16. The molecule has 0 saturated carbocycles. The van der Waals surface area contributed by atoms with Crippen molar-refractivity contribution in [3.05, 3.63) is 0 Å². The van der Waals surface area contributed by atoms with Gasteiger partial charge in [-0.15, -0.1) is 11.8 Å². The molecule has 1 heterocycles. The van der Waals surface area contributed by atoms with Gasteiger partial charge in [0.1, 0.15) is 6.04 Å². The van der Waals surface area contributed by atoms with Gasteiger partial charge >= 0.3 is 0 Å². The van der Waals surface area contributed by atoms with E-state index in [0.29, 0.717) is 24.6 Å². The third kappa shape index (κ3) is 5.95. The maximum atomic E-state index is 12.3. The van der Waals surface area contributed by atoms with E-state index in [4.69, 9.17) is 0 Å². The summed E-state index contributed by atoms with van der Waals surface area (Å²) >= 11 is 1.56. The highest BCUT2D eigenvalue weighted by atomic mass is 32.2. The minimum atomic E-state index is -0.473. The Labute approximate surface area is 130 Å². The summed E-state index contributed by atoms with van der Waals surface area (Å²) in [4.78, 5) is 37.4. The van der Waals surface area contributed by atoms with Crippen LogP contribution in [-0.4, -0.2) is 53.4 Å². The Balaban J connectivity index is 2.54. The SMILES string of the molecule is CCNC(=O)CNC(=O)C1CSCN1C(=O)CC(C)(C)C. The molecule has 120 valence electrons. The average molecular weight is 315 g/mol. The maximum Gasteiger partial charge on any atom is 0.244 e. The quantitative estimate of drug-likeness (QED) is 0.778. The fraction of sp³-hybridized carbons (Fsp3) is 0.786. The van der Waals surface area contributed by atoms with Crippen LogP contribution in [0.1, 0.15) is 34.1 Å². The van der Waals surface area contributed by atoms with Gasteiger partial charge in [0.15, 0.2) is 0 Å². The highest BCUT2D eigenvalue weighted by molar-refractivity contribution is 7.99. The first-order valence-corrected chi connectivity index (χ1v) is 8.31. The fourth-order valence-corrected chi connectivity index (χ4v) is 3.19. The van der Waals surface area contributed by atoms with E-state index in [1.54, 1.807) is 16.7 Å². The van der Waals surface area contributed by atoms with Crippen molar-refractivity contribution in [2.75, 3.05) is 24.7 Å². The molecule has 0 aliphatic carbocycles. The Kier molecular flexibility index (Phi) is 6.51. The van der Waals surface area contributed by atoms with Gasteiger partial charge in [-0.3, -0.25) is 14.4 Å². The molecule has 21 heavy (non-hydrogen) atoms. The molecule has 6 nitrogen and oxygen atoms in total. The molecule has 0 spiro atoms. The van der Waals surface area contributed by atoms with Crippen molar-refractivity contribution in [1.82, 2.24) is 15.5 Å². The summed E-state index contributed by atoms with van der Waals surface area (Å²) in [6.45, 7) is 8.30. The second-order valence-corrected chi connectivity index (χ2v) is 7.29. The number of carbonyl (C=O) groups is 3. The summed E-state index contributed by atoms with van der Waals surface area (Å²) in [5, 5.41) is 5.22. The first-order chi connectivity index (χ1) is 9.74. The highest BCUT2D eigenvalue weighted by Gasteiger charge is 2.35. The number of likely N-dealkylation sites (N-methyl/N-ethyl adjacent to an activating group) is 1. The predicted molar refractivity (Wildman–Crippen MR) is 83.7 cm³/mol. The zero-order valence-electron chi connectivity index (χ0n) is 13.2. The van der Waals surface area contributed by atoms with Crippen LogP contribution in [0.3, 0.4) is 0 Å². The lowest BCUT2D eigenvalue weighted by atomic mass is 9.91. The summed E-state index contributed by atoms with van der Waals surface area (Å²) in [7, 11) is 0. The van der Waals surface area contributed by atoms with Gasteiger partial charge in [-0.25, -0.2) is 0 Å². The van der Waals surface area contributed by atoms with Gasteiger partial charge in [0, 0.05) is 18.7 Å². The summed E-state index contributed by atoms with van der Waals surface area (Å²) in [6.07, 6.45) is 0.410. The first kappa shape index (κ1) is 17.8. The fourth-order valence-electron chi connectivity index (χ4n) is 2.01. The van der Waals surface area contributed by atoms with Crippen LogP contribution in [0, 0.1) is 5.41 Å². The Morgan fingerprint density at radius 2 is 1.90 bits per heavy atom. The van der Waals surface area contributed by atoms with E-state index in [2.05, 4.69) is 10.6 Å². The third-order valence-corrected chi connectivity index (χ3v) is 4.00. The largest absolute Gasteiger partial charge is 0.355 e. The number of amides is 3. The average Bonchev–Trinajstić information content (AvgIpc) is 2.83. The van der Waals surface area contributed by atoms with Crippen LogP contribution in [0.5, 0.6) is 0 Å². The van der Waals surface area contributed by atoms with Crippen molar-refractivity contribution >= 4 is 29.5 Å². The minimum absolute atomic E-state index is 0.00865. The third-order valence-electron chi connectivity index (χ3n) is 2.98. The maximum absolute atomic E-state index is 12.3. The number of hydrogen-bond donors (Lipinski definition) is 2. The molecule has 0 aromatic rings. The molecule has 1 fully saturated rings. The molecule has 1 aliphatic heterocycles. The van der Waals surface area contributed by atoms with Crippen LogP contribution in [0.15, 0.2) is 0 Å². The van der Waals surface area contributed by atoms with Gasteiger partial charge < -0.3 is 15.5 Å². The molecule has 1 rings (SSSR count). The summed E-state index contributed by atoms with van der Waals surface area (Å²) in [5.41, 5.74) is -0.105. The summed E-state index contributed by atoms with van der Waals surface area (Å²) < 4.78 is 0. The Hall–Kier alpha value is -1.24. The number of nitrogens with zero attached hydrogens (tertiary/aromatic N) is 1. The highest BCUT2D eigenvalue weighted by Crippen LogP contribution is 2.26. The zero-order valence-corrected chi connectivity index (χ0v) is 14.0.